The van der Waals surface area contributed by atoms with Crippen molar-refractivity contribution in [2.24, 2.45) is 0 Å². The van der Waals surface area contributed by atoms with Crippen molar-refractivity contribution in [3.63, 3.8) is 0 Å². The quantitative estimate of drug-likeness (QED) is 0.801. The highest BCUT2D eigenvalue weighted by Crippen LogP contribution is 2.20. The molecule has 2 aromatic heterocycles. The summed E-state index contributed by atoms with van der Waals surface area (Å²) < 4.78 is 0. The number of nitrogens with zero attached hydrogens (tertiary/aromatic N) is 3. The van der Waals surface area contributed by atoms with Crippen molar-refractivity contribution in [3.8, 4) is 11.3 Å². The van der Waals surface area contributed by atoms with Crippen LogP contribution in [0.3, 0.4) is 0 Å². The normalized spacial score (nSPS) is 10.7. The van der Waals surface area contributed by atoms with E-state index >= 15 is 0 Å². The maximum atomic E-state index is 5.89. The summed E-state index contributed by atoms with van der Waals surface area (Å²) in [6.45, 7) is 1.98. The minimum atomic E-state index is 0.488. The molecular formula is C15H14N4S. The molecule has 2 heterocycles. The molecule has 0 aliphatic rings. The molecule has 3 rings (SSSR count). The fraction of sp³-hybridized carbons (Fsp3) is 0.133. The average Bonchev–Trinajstić information content (AvgIpc) is 2.84. The number of nitrogen functional groups attached to an aromatic ring is 1. The number of rotatable bonds is 3. The van der Waals surface area contributed by atoms with Crippen molar-refractivity contribution < 1.29 is 0 Å². The fourth-order valence-corrected chi connectivity index (χ4v) is 2.74. The molecule has 0 saturated heterocycles. The third-order valence-corrected chi connectivity index (χ3v) is 3.80. The van der Waals surface area contributed by atoms with Crippen molar-refractivity contribution in [1.82, 2.24) is 15.0 Å². The predicted octanol–water partition coefficient (Wildman–Crippen LogP) is 3.08. The zero-order valence-corrected chi connectivity index (χ0v) is 11.9. The summed E-state index contributed by atoms with van der Waals surface area (Å²) in [6.07, 6.45) is 0.614. The zero-order chi connectivity index (χ0) is 13.9. The van der Waals surface area contributed by atoms with Crippen molar-refractivity contribution in [2.45, 2.75) is 13.3 Å². The first-order chi connectivity index (χ1) is 9.70. The Kier molecular flexibility index (Phi) is 3.43. The second kappa shape index (κ2) is 5.38. The van der Waals surface area contributed by atoms with Crippen LogP contribution in [0.15, 0.2) is 41.8 Å². The summed E-state index contributed by atoms with van der Waals surface area (Å²) in [5.74, 6) is 1.19. The monoisotopic (exact) mass is 282 g/mol. The molecule has 0 bridgehead atoms. The molecule has 0 aliphatic heterocycles. The Labute approximate surface area is 121 Å². The Morgan fingerprint density at radius 1 is 1.10 bits per heavy atom. The molecule has 0 radical (unpaired) electrons. The van der Waals surface area contributed by atoms with Gasteiger partial charge < -0.3 is 5.73 Å². The van der Waals surface area contributed by atoms with Crippen LogP contribution in [0.2, 0.25) is 0 Å². The van der Waals surface area contributed by atoms with Crippen molar-refractivity contribution >= 4 is 17.2 Å². The first-order valence-electron chi connectivity index (χ1n) is 6.30. The van der Waals surface area contributed by atoms with E-state index in [4.69, 9.17) is 5.73 Å². The van der Waals surface area contributed by atoms with Gasteiger partial charge in [0.25, 0.3) is 0 Å². The Morgan fingerprint density at radius 3 is 2.60 bits per heavy atom. The van der Waals surface area contributed by atoms with Gasteiger partial charge in [0.15, 0.2) is 0 Å². The van der Waals surface area contributed by atoms with Gasteiger partial charge in [-0.3, -0.25) is 0 Å². The van der Waals surface area contributed by atoms with Crippen LogP contribution >= 0.6 is 11.3 Å². The Bertz CT molecular complexity index is 722. The van der Waals surface area contributed by atoms with Crippen LogP contribution in [0.4, 0.5) is 5.82 Å². The van der Waals surface area contributed by atoms with Crippen LogP contribution in [0.25, 0.3) is 11.3 Å². The number of aromatic nitrogens is 3. The average molecular weight is 282 g/mol. The van der Waals surface area contributed by atoms with E-state index in [-0.39, 0.29) is 0 Å². The number of hydrogen-bond donors (Lipinski definition) is 1. The van der Waals surface area contributed by atoms with Crippen LogP contribution < -0.4 is 5.73 Å². The van der Waals surface area contributed by atoms with E-state index in [0.29, 0.717) is 18.1 Å². The van der Waals surface area contributed by atoms with Crippen LogP contribution in [-0.4, -0.2) is 15.0 Å². The van der Waals surface area contributed by atoms with E-state index in [1.807, 2.05) is 42.6 Å². The van der Waals surface area contributed by atoms with E-state index in [2.05, 4.69) is 15.0 Å². The molecule has 5 heteroatoms. The Balaban J connectivity index is 1.94. The molecule has 100 valence electrons. The summed E-state index contributed by atoms with van der Waals surface area (Å²) in [5.41, 5.74) is 8.80. The van der Waals surface area contributed by atoms with Crippen LogP contribution in [0, 0.1) is 6.92 Å². The van der Waals surface area contributed by atoms with Gasteiger partial charge in [-0.2, -0.15) is 0 Å². The first-order valence-corrected chi connectivity index (χ1v) is 7.18. The molecule has 0 aliphatic carbocycles. The molecule has 20 heavy (non-hydrogen) atoms. The number of benzene rings is 1. The number of thiazole rings is 1. The topological polar surface area (TPSA) is 64.7 Å². The SMILES string of the molecule is Cc1csc(Cc2nc(N)cc(-c3ccccc3)n2)n1. The highest BCUT2D eigenvalue weighted by molar-refractivity contribution is 7.09. The zero-order valence-electron chi connectivity index (χ0n) is 11.1. The molecule has 1 aromatic carbocycles. The second-order valence-corrected chi connectivity index (χ2v) is 5.46. The number of hydrogen-bond acceptors (Lipinski definition) is 5. The van der Waals surface area contributed by atoms with Crippen molar-refractivity contribution in [2.75, 3.05) is 5.73 Å². The summed E-state index contributed by atoms with van der Waals surface area (Å²) >= 11 is 1.62. The maximum absolute atomic E-state index is 5.89. The van der Waals surface area contributed by atoms with Gasteiger partial charge in [0.1, 0.15) is 16.6 Å². The standard InChI is InChI=1S/C15H14N4S/c1-10-9-20-15(17-10)8-14-18-12(7-13(16)19-14)11-5-3-2-4-6-11/h2-7,9H,8H2,1H3,(H2,16,18,19). The maximum Gasteiger partial charge on any atom is 0.138 e. The molecule has 3 aromatic rings. The van der Waals surface area contributed by atoms with Gasteiger partial charge in [-0.1, -0.05) is 30.3 Å². The smallest absolute Gasteiger partial charge is 0.138 e. The summed E-state index contributed by atoms with van der Waals surface area (Å²) in [6, 6.07) is 11.8. The predicted molar refractivity (Wildman–Crippen MR) is 81.5 cm³/mol. The molecule has 0 saturated carbocycles. The highest BCUT2D eigenvalue weighted by Gasteiger charge is 2.08. The van der Waals surface area contributed by atoms with E-state index in [0.717, 1.165) is 22.0 Å². The Morgan fingerprint density at radius 2 is 1.90 bits per heavy atom. The fourth-order valence-electron chi connectivity index (χ4n) is 1.97. The van der Waals surface area contributed by atoms with E-state index in [9.17, 15) is 0 Å². The van der Waals surface area contributed by atoms with E-state index in [1.54, 1.807) is 17.4 Å². The molecular weight excluding hydrogens is 268 g/mol. The third-order valence-electron chi connectivity index (χ3n) is 2.84. The summed E-state index contributed by atoms with van der Waals surface area (Å²) in [4.78, 5) is 13.3. The number of nitrogens with two attached hydrogens (primary N) is 1. The number of aryl methyl sites for hydroxylation is 1. The largest absolute Gasteiger partial charge is 0.384 e. The highest BCUT2D eigenvalue weighted by atomic mass is 32.1. The van der Waals surface area contributed by atoms with Crippen LogP contribution in [0.1, 0.15) is 16.5 Å². The van der Waals surface area contributed by atoms with Crippen LogP contribution in [-0.2, 0) is 6.42 Å². The van der Waals surface area contributed by atoms with Crippen LogP contribution in [0.5, 0.6) is 0 Å². The van der Waals surface area contributed by atoms with Gasteiger partial charge in [-0.25, -0.2) is 15.0 Å². The lowest BCUT2D eigenvalue weighted by Gasteiger charge is -2.05. The lowest BCUT2D eigenvalue weighted by atomic mass is 10.1. The molecule has 4 nitrogen and oxygen atoms in total. The minimum absolute atomic E-state index is 0.488. The van der Waals surface area contributed by atoms with Gasteiger partial charge >= 0.3 is 0 Å². The Hall–Kier alpha value is -2.27. The summed E-state index contributed by atoms with van der Waals surface area (Å²) in [5, 5.41) is 3.03. The molecule has 2 N–H and O–H groups in total. The van der Waals surface area contributed by atoms with Gasteiger partial charge in [-0.15, -0.1) is 11.3 Å². The van der Waals surface area contributed by atoms with Gasteiger partial charge in [0, 0.05) is 22.7 Å². The van der Waals surface area contributed by atoms with Crippen molar-refractivity contribution in [1.29, 1.82) is 0 Å². The molecule has 0 unspecified atom stereocenters. The van der Waals surface area contributed by atoms with E-state index in [1.165, 1.54) is 0 Å². The molecule has 0 fully saturated rings. The first kappa shape index (κ1) is 12.7. The second-order valence-electron chi connectivity index (χ2n) is 4.52. The van der Waals surface area contributed by atoms with Gasteiger partial charge in [-0.05, 0) is 6.92 Å². The van der Waals surface area contributed by atoms with Gasteiger partial charge in [0.2, 0.25) is 0 Å². The molecule has 0 atom stereocenters. The molecule has 0 amide bonds. The van der Waals surface area contributed by atoms with Crippen molar-refractivity contribution in [3.05, 3.63) is 58.3 Å². The third kappa shape index (κ3) is 2.83. The van der Waals surface area contributed by atoms with E-state index < -0.39 is 0 Å². The minimum Gasteiger partial charge on any atom is -0.384 e. The number of anilines is 1. The molecule has 0 spiro atoms. The lowest BCUT2D eigenvalue weighted by Crippen LogP contribution is -2.02. The lowest BCUT2D eigenvalue weighted by molar-refractivity contribution is 0.961. The van der Waals surface area contributed by atoms with Gasteiger partial charge in [0.05, 0.1) is 12.1 Å². The summed E-state index contributed by atoms with van der Waals surface area (Å²) in [7, 11) is 0.